The molecule has 0 saturated heterocycles. The van der Waals surface area contributed by atoms with E-state index >= 15 is 0 Å². The first-order valence-corrected chi connectivity index (χ1v) is 7.02. The minimum atomic E-state index is -0.404. The van der Waals surface area contributed by atoms with Gasteiger partial charge in [0.05, 0.1) is 17.6 Å². The van der Waals surface area contributed by atoms with Crippen molar-refractivity contribution in [1.82, 2.24) is 19.6 Å². The molecule has 108 valence electrons. The van der Waals surface area contributed by atoms with E-state index in [4.69, 9.17) is 11.6 Å². The SMILES string of the molecule is Cc1nn2c(Cl)cc(-c3cncc(F)c3)nc2c1C(C)C. The van der Waals surface area contributed by atoms with Gasteiger partial charge in [-0.15, -0.1) is 0 Å². The number of fused-ring (bicyclic) bond motifs is 1. The van der Waals surface area contributed by atoms with Gasteiger partial charge in [0, 0.05) is 23.4 Å². The van der Waals surface area contributed by atoms with E-state index in [0.717, 1.165) is 17.5 Å². The molecule has 3 heterocycles. The molecule has 0 fully saturated rings. The van der Waals surface area contributed by atoms with Crippen LogP contribution in [0.4, 0.5) is 4.39 Å². The highest BCUT2D eigenvalue weighted by Gasteiger charge is 2.17. The highest BCUT2D eigenvalue weighted by molar-refractivity contribution is 6.30. The Labute approximate surface area is 126 Å². The molecular weight excluding hydrogens is 291 g/mol. The lowest BCUT2D eigenvalue weighted by Crippen LogP contribution is -1.97. The van der Waals surface area contributed by atoms with Crippen molar-refractivity contribution in [3.05, 3.63) is 46.8 Å². The predicted molar refractivity (Wildman–Crippen MR) is 80.0 cm³/mol. The molecule has 0 saturated carbocycles. The molecular formula is C15H14ClFN4. The number of halogens is 2. The van der Waals surface area contributed by atoms with Gasteiger partial charge in [0.1, 0.15) is 11.0 Å². The lowest BCUT2D eigenvalue weighted by Gasteiger charge is -2.06. The zero-order valence-electron chi connectivity index (χ0n) is 11.9. The first-order valence-electron chi connectivity index (χ1n) is 6.64. The van der Waals surface area contributed by atoms with Crippen molar-refractivity contribution in [1.29, 1.82) is 0 Å². The van der Waals surface area contributed by atoms with E-state index in [2.05, 4.69) is 28.9 Å². The number of aryl methyl sites for hydroxylation is 1. The first-order chi connectivity index (χ1) is 9.97. The lowest BCUT2D eigenvalue weighted by atomic mass is 10.0. The third-order valence-corrected chi connectivity index (χ3v) is 3.61. The summed E-state index contributed by atoms with van der Waals surface area (Å²) in [6, 6.07) is 3.06. The van der Waals surface area contributed by atoms with Gasteiger partial charge >= 0.3 is 0 Å². The Morgan fingerprint density at radius 3 is 2.67 bits per heavy atom. The number of aromatic nitrogens is 4. The van der Waals surface area contributed by atoms with Crippen LogP contribution < -0.4 is 0 Å². The maximum Gasteiger partial charge on any atom is 0.161 e. The van der Waals surface area contributed by atoms with E-state index in [1.807, 2.05) is 6.92 Å². The Hall–Kier alpha value is -2.01. The second-order valence-electron chi connectivity index (χ2n) is 5.25. The summed E-state index contributed by atoms with van der Waals surface area (Å²) in [4.78, 5) is 8.45. The third-order valence-electron chi connectivity index (χ3n) is 3.34. The summed E-state index contributed by atoms with van der Waals surface area (Å²) < 4.78 is 15.0. The summed E-state index contributed by atoms with van der Waals surface area (Å²) >= 11 is 6.29. The molecule has 0 N–H and O–H groups in total. The average Bonchev–Trinajstić information content (AvgIpc) is 2.75. The van der Waals surface area contributed by atoms with Crippen molar-refractivity contribution >= 4 is 17.2 Å². The largest absolute Gasteiger partial charge is 0.261 e. The third kappa shape index (κ3) is 2.38. The molecule has 0 unspecified atom stereocenters. The topological polar surface area (TPSA) is 43.1 Å². The first kappa shape index (κ1) is 13.9. The molecule has 0 spiro atoms. The van der Waals surface area contributed by atoms with Gasteiger partial charge in [0.25, 0.3) is 0 Å². The molecule has 21 heavy (non-hydrogen) atoms. The molecule has 0 aliphatic rings. The molecule has 0 amide bonds. The number of hydrogen-bond donors (Lipinski definition) is 0. The smallest absolute Gasteiger partial charge is 0.161 e. The van der Waals surface area contributed by atoms with Crippen LogP contribution in [-0.4, -0.2) is 19.6 Å². The monoisotopic (exact) mass is 304 g/mol. The molecule has 0 aliphatic carbocycles. The van der Waals surface area contributed by atoms with Gasteiger partial charge in [-0.25, -0.2) is 13.9 Å². The molecule has 0 bridgehead atoms. The van der Waals surface area contributed by atoms with Crippen LogP contribution in [-0.2, 0) is 0 Å². The molecule has 0 aliphatic heterocycles. The number of nitrogens with zero attached hydrogens (tertiary/aromatic N) is 4. The van der Waals surface area contributed by atoms with Crippen LogP contribution in [0.5, 0.6) is 0 Å². The summed E-state index contributed by atoms with van der Waals surface area (Å²) in [5.74, 6) is -0.133. The van der Waals surface area contributed by atoms with E-state index in [1.165, 1.54) is 6.07 Å². The summed E-state index contributed by atoms with van der Waals surface area (Å²) in [7, 11) is 0. The molecule has 3 rings (SSSR count). The second kappa shape index (κ2) is 5.07. The van der Waals surface area contributed by atoms with Crippen LogP contribution in [0.3, 0.4) is 0 Å². The summed E-state index contributed by atoms with van der Waals surface area (Å²) in [5, 5.41) is 4.86. The van der Waals surface area contributed by atoms with Gasteiger partial charge in [-0.05, 0) is 18.9 Å². The van der Waals surface area contributed by atoms with Gasteiger partial charge in [0.15, 0.2) is 5.65 Å². The van der Waals surface area contributed by atoms with E-state index in [9.17, 15) is 4.39 Å². The fourth-order valence-corrected chi connectivity index (χ4v) is 2.70. The number of pyridine rings is 1. The maximum absolute atomic E-state index is 13.3. The maximum atomic E-state index is 13.3. The molecule has 6 heteroatoms. The van der Waals surface area contributed by atoms with Crippen molar-refractivity contribution in [3.8, 4) is 11.3 Å². The number of hydrogen-bond acceptors (Lipinski definition) is 3. The van der Waals surface area contributed by atoms with Crippen molar-refractivity contribution < 1.29 is 4.39 Å². The van der Waals surface area contributed by atoms with E-state index in [0.29, 0.717) is 22.1 Å². The van der Waals surface area contributed by atoms with Crippen LogP contribution in [0.25, 0.3) is 16.9 Å². The van der Waals surface area contributed by atoms with E-state index in [1.54, 1.807) is 16.8 Å². The highest BCUT2D eigenvalue weighted by atomic mass is 35.5. The quantitative estimate of drug-likeness (QED) is 0.672. The lowest BCUT2D eigenvalue weighted by molar-refractivity contribution is 0.622. The Morgan fingerprint density at radius 1 is 1.24 bits per heavy atom. The molecule has 3 aromatic rings. The van der Waals surface area contributed by atoms with Gasteiger partial charge in [-0.2, -0.15) is 5.10 Å². The van der Waals surface area contributed by atoms with Gasteiger partial charge in [-0.1, -0.05) is 25.4 Å². The van der Waals surface area contributed by atoms with Crippen molar-refractivity contribution in [2.75, 3.05) is 0 Å². The Morgan fingerprint density at radius 2 is 2.00 bits per heavy atom. The summed E-state index contributed by atoms with van der Waals surface area (Å²) in [6.07, 6.45) is 2.72. The highest BCUT2D eigenvalue weighted by Crippen LogP contribution is 2.28. The van der Waals surface area contributed by atoms with Crippen molar-refractivity contribution in [2.24, 2.45) is 0 Å². The van der Waals surface area contributed by atoms with Crippen LogP contribution in [0.2, 0.25) is 5.15 Å². The van der Waals surface area contributed by atoms with Gasteiger partial charge < -0.3 is 0 Å². The Bertz CT molecular complexity index is 826. The minimum Gasteiger partial charge on any atom is -0.261 e. The predicted octanol–water partition coefficient (Wildman–Crippen LogP) is 4.02. The fourth-order valence-electron chi connectivity index (χ4n) is 2.48. The van der Waals surface area contributed by atoms with Gasteiger partial charge in [0.2, 0.25) is 0 Å². The minimum absolute atomic E-state index is 0.270. The van der Waals surface area contributed by atoms with Crippen LogP contribution in [0.15, 0.2) is 24.5 Å². The Kier molecular flexibility index (Phi) is 3.37. The van der Waals surface area contributed by atoms with Crippen LogP contribution in [0.1, 0.15) is 31.0 Å². The van der Waals surface area contributed by atoms with Crippen molar-refractivity contribution in [2.45, 2.75) is 26.7 Å². The van der Waals surface area contributed by atoms with Gasteiger partial charge in [-0.3, -0.25) is 4.98 Å². The molecule has 4 nitrogen and oxygen atoms in total. The molecule has 0 aromatic carbocycles. The van der Waals surface area contributed by atoms with Crippen LogP contribution >= 0.6 is 11.6 Å². The fraction of sp³-hybridized carbons (Fsp3) is 0.267. The Balaban J connectivity index is 2.29. The molecule has 0 atom stereocenters. The average molecular weight is 305 g/mol. The van der Waals surface area contributed by atoms with Crippen molar-refractivity contribution in [3.63, 3.8) is 0 Å². The normalized spacial score (nSPS) is 11.5. The number of rotatable bonds is 2. The zero-order chi connectivity index (χ0) is 15.1. The van der Waals surface area contributed by atoms with Crippen LogP contribution in [0, 0.1) is 12.7 Å². The molecule has 0 radical (unpaired) electrons. The second-order valence-corrected chi connectivity index (χ2v) is 5.63. The summed E-state index contributed by atoms with van der Waals surface area (Å²) in [6.45, 7) is 6.09. The summed E-state index contributed by atoms with van der Waals surface area (Å²) in [5.41, 5.74) is 3.82. The standard InChI is InChI=1S/C15H14ClFN4/c1-8(2)14-9(3)20-21-13(16)5-12(19-15(14)21)10-4-11(17)7-18-6-10/h4-8H,1-3H3. The molecule has 3 aromatic heterocycles. The van der Waals surface area contributed by atoms with E-state index < -0.39 is 5.82 Å². The van der Waals surface area contributed by atoms with E-state index in [-0.39, 0.29) is 5.92 Å². The zero-order valence-corrected chi connectivity index (χ0v) is 12.7.